The summed E-state index contributed by atoms with van der Waals surface area (Å²) in [6.45, 7) is 2.73. The van der Waals surface area contributed by atoms with E-state index < -0.39 is 31.1 Å². The summed E-state index contributed by atoms with van der Waals surface area (Å²) in [5.74, 6) is -1.71. The van der Waals surface area contributed by atoms with Gasteiger partial charge in [-0.3, -0.25) is 14.6 Å². The number of pyridine rings is 1. The van der Waals surface area contributed by atoms with Crippen molar-refractivity contribution in [3.63, 3.8) is 0 Å². The lowest BCUT2D eigenvalue weighted by Crippen LogP contribution is -2.26. The van der Waals surface area contributed by atoms with E-state index in [0.29, 0.717) is 34.1 Å². The molecule has 9 nitrogen and oxygen atoms in total. The molecule has 0 spiro atoms. The molecule has 0 aliphatic heterocycles. The lowest BCUT2D eigenvalue weighted by molar-refractivity contribution is -0.153. The highest BCUT2D eigenvalue weighted by atomic mass is 19.4. The molecule has 13 heteroatoms. The topological polar surface area (TPSA) is 111 Å². The molecule has 198 valence electrons. The van der Waals surface area contributed by atoms with E-state index in [4.69, 9.17) is 4.74 Å². The summed E-state index contributed by atoms with van der Waals surface area (Å²) in [5, 5.41) is 9.60. The van der Waals surface area contributed by atoms with Crippen LogP contribution in [0.15, 0.2) is 42.6 Å². The first kappa shape index (κ1) is 26.5. The number of imidazole rings is 1. The zero-order chi connectivity index (χ0) is 27.6. The highest BCUT2D eigenvalue weighted by Gasteiger charge is 2.29. The van der Waals surface area contributed by atoms with Crippen LogP contribution in [0.4, 0.5) is 23.4 Å². The third-order valence-corrected chi connectivity index (χ3v) is 5.44. The van der Waals surface area contributed by atoms with Gasteiger partial charge in [0.1, 0.15) is 11.6 Å². The van der Waals surface area contributed by atoms with Gasteiger partial charge in [0.15, 0.2) is 18.1 Å². The molecule has 0 aliphatic rings. The van der Waals surface area contributed by atoms with Crippen LogP contribution in [0.1, 0.15) is 34.2 Å². The van der Waals surface area contributed by atoms with Crippen molar-refractivity contribution in [3.8, 4) is 17.0 Å². The van der Waals surface area contributed by atoms with E-state index in [2.05, 4.69) is 25.7 Å². The van der Waals surface area contributed by atoms with Crippen molar-refractivity contribution >= 4 is 23.3 Å². The normalized spacial score (nSPS) is 11.4. The van der Waals surface area contributed by atoms with Crippen LogP contribution in [0.5, 0.6) is 5.75 Å². The molecule has 3 aromatic heterocycles. The number of nitrogens with zero attached hydrogens (tertiary/aromatic N) is 4. The van der Waals surface area contributed by atoms with Crippen LogP contribution in [-0.2, 0) is 11.3 Å². The van der Waals surface area contributed by atoms with E-state index in [0.717, 1.165) is 6.07 Å². The molecule has 1 aromatic carbocycles. The zero-order valence-corrected chi connectivity index (χ0v) is 20.5. The molecule has 0 unspecified atom stereocenters. The van der Waals surface area contributed by atoms with E-state index in [9.17, 15) is 27.2 Å². The van der Waals surface area contributed by atoms with Crippen LogP contribution in [0.3, 0.4) is 0 Å². The van der Waals surface area contributed by atoms with Gasteiger partial charge in [-0.2, -0.15) is 18.3 Å². The molecule has 4 aromatic rings. The minimum absolute atomic E-state index is 0.172. The van der Waals surface area contributed by atoms with E-state index in [1.165, 1.54) is 29.8 Å². The number of carbonyl (C=O) groups is 2. The summed E-state index contributed by atoms with van der Waals surface area (Å²) in [6.07, 6.45) is -3.06. The Morgan fingerprint density at radius 3 is 2.55 bits per heavy atom. The molecule has 0 bridgehead atoms. The van der Waals surface area contributed by atoms with Crippen molar-refractivity contribution in [2.45, 2.75) is 33.5 Å². The van der Waals surface area contributed by atoms with Gasteiger partial charge in [-0.05, 0) is 44.2 Å². The standard InChI is InChI=1S/C25H22F4N6O3/c1-13-16(20-7-8-23-33-22(32-15(3)36)11-35(23)34-20)9-17(14(2)31-13)24(37)30-10-18-19(26)5-4-6-21(18)38-12-25(27,28)29/h4-9,11H,10,12H2,1-3H3,(H,30,37)(H,32,36). The number of ether oxygens (including phenoxy) is 1. The fraction of sp³-hybridized carbons (Fsp3) is 0.240. The van der Waals surface area contributed by atoms with Gasteiger partial charge in [0.25, 0.3) is 5.91 Å². The summed E-state index contributed by atoms with van der Waals surface area (Å²) >= 11 is 0. The van der Waals surface area contributed by atoms with Gasteiger partial charge < -0.3 is 15.4 Å². The lowest BCUT2D eigenvalue weighted by Gasteiger charge is -2.15. The first-order chi connectivity index (χ1) is 17.9. The number of anilines is 1. The van der Waals surface area contributed by atoms with Gasteiger partial charge in [0, 0.05) is 30.3 Å². The summed E-state index contributed by atoms with van der Waals surface area (Å²) in [4.78, 5) is 33.0. The second-order valence-corrected chi connectivity index (χ2v) is 8.39. The lowest BCUT2D eigenvalue weighted by atomic mass is 10.0. The number of halogens is 4. The highest BCUT2D eigenvalue weighted by molar-refractivity contribution is 5.96. The molecule has 0 radical (unpaired) electrons. The molecule has 2 N–H and O–H groups in total. The fourth-order valence-corrected chi connectivity index (χ4v) is 3.75. The molecule has 0 fully saturated rings. The molecule has 38 heavy (non-hydrogen) atoms. The second kappa shape index (κ2) is 10.4. The molecular weight excluding hydrogens is 508 g/mol. The van der Waals surface area contributed by atoms with E-state index in [1.807, 2.05) is 0 Å². The summed E-state index contributed by atoms with van der Waals surface area (Å²) in [7, 11) is 0. The van der Waals surface area contributed by atoms with Crippen LogP contribution < -0.4 is 15.4 Å². The third-order valence-electron chi connectivity index (χ3n) is 5.44. The van der Waals surface area contributed by atoms with Gasteiger partial charge in [-0.1, -0.05) is 6.07 Å². The Balaban J connectivity index is 1.58. The molecular formula is C25H22F4N6O3. The smallest absolute Gasteiger partial charge is 0.422 e. The average molecular weight is 530 g/mol. The van der Waals surface area contributed by atoms with Crippen LogP contribution in [-0.4, -0.2) is 44.2 Å². The molecule has 0 saturated carbocycles. The quantitative estimate of drug-likeness (QED) is 0.343. The van der Waals surface area contributed by atoms with E-state index in [1.54, 1.807) is 32.0 Å². The van der Waals surface area contributed by atoms with Gasteiger partial charge >= 0.3 is 6.18 Å². The number of aryl methyl sites for hydroxylation is 2. The molecule has 3 heterocycles. The zero-order valence-electron chi connectivity index (χ0n) is 20.5. The van der Waals surface area contributed by atoms with Crippen molar-refractivity contribution in [2.75, 3.05) is 11.9 Å². The number of alkyl halides is 3. The summed E-state index contributed by atoms with van der Waals surface area (Å²) in [5.41, 5.74) is 2.43. The highest BCUT2D eigenvalue weighted by Crippen LogP contribution is 2.26. The number of nitrogens with one attached hydrogen (secondary N) is 2. The van der Waals surface area contributed by atoms with E-state index >= 15 is 0 Å². The number of carbonyl (C=O) groups excluding carboxylic acids is 2. The summed E-state index contributed by atoms with van der Waals surface area (Å²) < 4.78 is 58.3. The van der Waals surface area contributed by atoms with E-state index in [-0.39, 0.29) is 22.8 Å². The summed E-state index contributed by atoms with van der Waals surface area (Å²) in [6, 6.07) is 8.43. The van der Waals surface area contributed by atoms with Gasteiger partial charge in [0.05, 0.1) is 23.1 Å². The Morgan fingerprint density at radius 2 is 1.84 bits per heavy atom. The molecule has 4 rings (SSSR count). The van der Waals surface area contributed by atoms with Crippen molar-refractivity contribution < 1.29 is 31.9 Å². The van der Waals surface area contributed by atoms with Gasteiger partial charge in [-0.15, -0.1) is 0 Å². The number of hydrogen-bond donors (Lipinski definition) is 2. The Morgan fingerprint density at radius 1 is 1.08 bits per heavy atom. The number of hydrogen-bond acceptors (Lipinski definition) is 6. The number of amides is 2. The van der Waals surface area contributed by atoms with Gasteiger partial charge in [0.2, 0.25) is 5.91 Å². The first-order valence-electron chi connectivity index (χ1n) is 11.3. The average Bonchev–Trinajstić information content (AvgIpc) is 3.22. The molecule has 0 aliphatic carbocycles. The van der Waals surface area contributed by atoms with Crippen molar-refractivity contribution in [3.05, 3.63) is 70.9 Å². The van der Waals surface area contributed by atoms with Crippen LogP contribution in [0.25, 0.3) is 16.9 Å². The van der Waals surface area contributed by atoms with Crippen molar-refractivity contribution in [1.82, 2.24) is 24.9 Å². The minimum atomic E-state index is -4.60. The Kier molecular flexibility index (Phi) is 7.28. The Labute approximate surface area is 213 Å². The fourth-order valence-electron chi connectivity index (χ4n) is 3.75. The third kappa shape index (κ3) is 6.05. The predicted molar refractivity (Wildman–Crippen MR) is 129 cm³/mol. The number of aromatic nitrogens is 4. The molecule has 2 amide bonds. The maximum Gasteiger partial charge on any atom is 0.422 e. The maximum atomic E-state index is 14.4. The van der Waals surface area contributed by atoms with Crippen LogP contribution in [0, 0.1) is 19.7 Å². The van der Waals surface area contributed by atoms with Crippen LogP contribution in [0.2, 0.25) is 0 Å². The maximum absolute atomic E-state index is 14.4. The number of fused-ring (bicyclic) bond motifs is 1. The molecule has 0 saturated heterocycles. The SMILES string of the molecule is CC(=O)Nc1cn2nc(-c3cc(C(=O)NCc4c(F)cccc4OCC(F)(F)F)c(C)nc3C)ccc2n1. The van der Waals surface area contributed by atoms with Gasteiger partial charge in [-0.25, -0.2) is 13.9 Å². The first-order valence-corrected chi connectivity index (χ1v) is 11.3. The van der Waals surface area contributed by atoms with Crippen LogP contribution >= 0.6 is 0 Å². The van der Waals surface area contributed by atoms with Crippen molar-refractivity contribution in [1.29, 1.82) is 0 Å². The molecule has 0 atom stereocenters. The predicted octanol–water partition coefficient (Wildman–Crippen LogP) is 4.38. The Bertz CT molecular complexity index is 1530. The second-order valence-electron chi connectivity index (χ2n) is 8.39. The monoisotopic (exact) mass is 530 g/mol. The minimum Gasteiger partial charge on any atom is -0.484 e. The largest absolute Gasteiger partial charge is 0.484 e. The Hall–Kier alpha value is -4.55. The number of benzene rings is 1. The van der Waals surface area contributed by atoms with Crippen molar-refractivity contribution in [2.24, 2.45) is 0 Å². The number of rotatable bonds is 7.